The number of benzene rings is 1. The van der Waals surface area contributed by atoms with Crippen molar-refractivity contribution in [3.8, 4) is 12.3 Å². The fourth-order valence-electron chi connectivity index (χ4n) is 2.41. The van der Waals surface area contributed by atoms with E-state index < -0.39 is 0 Å². The van der Waals surface area contributed by atoms with Gasteiger partial charge in [0, 0.05) is 29.6 Å². The minimum atomic E-state index is -0.163. The van der Waals surface area contributed by atoms with Crippen molar-refractivity contribution in [2.24, 2.45) is 0 Å². The SMILES string of the molecule is C#Cc1cccc(NC(=O)Cc2csc(N3CCCC3=O)n2)c1. The van der Waals surface area contributed by atoms with Gasteiger partial charge in [-0.15, -0.1) is 17.8 Å². The smallest absolute Gasteiger partial charge is 0.230 e. The Bertz CT molecular complexity index is 791. The number of carbonyl (C=O) groups excluding carboxylic acids is 2. The molecule has 1 aliphatic rings. The number of anilines is 2. The molecular formula is C17H15N3O2S. The van der Waals surface area contributed by atoms with E-state index in [-0.39, 0.29) is 18.2 Å². The van der Waals surface area contributed by atoms with Gasteiger partial charge in [0.25, 0.3) is 0 Å². The maximum Gasteiger partial charge on any atom is 0.230 e. The predicted molar refractivity (Wildman–Crippen MR) is 90.4 cm³/mol. The van der Waals surface area contributed by atoms with Crippen LogP contribution in [-0.2, 0) is 16.0 Å². The molecule has 2 aromatic rings. The third kappa shape index (κ3) is 3.58. The Morgan fingerprint density at radius 2 is 2.35 bits per heavy atom. The van der Waals surface area contributed by atoms with Gasteiger partial charge in [-0.1, -0.05) is 12.0 Å². The summed E-state index contributed by atoms with van der Waals surface area (Å²) in [4.78, 5) is 29.9. The number of terminal acetylenes is 1. The summed E-state index contributed by atoms with van der Waals surface area (Å²) in [6, 6.07) is 7.13. The molecule has 0 unspecified atom stereocenters. The normalized spacial score (nSPS) is 13.9. The van der Waals surface area contributed by atoms with Crippen LogP contribution in [0.5, 0.6) is 0 Å². The van der Waals surface area contributed by atoms with Crippen molar-refractivity contribution in [2.45, 2.75) is 19.3 Å². The van der Waals surface area contributed by atoms with E-state index in [0.29, 0.717) is 35.0 Å². The first kappa shape index (κ1) is 15.3. The molecule has 1 fully saturated rings. The van der Waals surface area contributed by atoms with Crippen LogP contribution in [0.3, 0.4) is 0 Å². The molecule has 2 heterocycles. The highest BCUT2D eigenvalue weighted by atomic mass is 32.1. The molecule has 1 aromatic heterocycles. The van der Waals surface area contributed by atoms with E-state index in [1.54, 1.807) is 29.2 Å². The van der Waals surface area contributed by atoms with Gasteiger partial charge in [0.1, 0.15) is 0 Å². The summed E-state index contributed by atoms with van der Waals surface area (Å²) >= 11 is 1.39. The Morgan fingerprint density at radius 1 is 1.48 bits per heavy atom. The molecule has 0 atom stereocenters. The molecule has 116 valence electrons. The second-order valence-corrected chi connectivity index (χ2v) is 6.06. The second-order valence-electron chi connectivity index (χ2n) is 5.22. The Kier molecular flexibility index (Phi) is 4.40. The first-order valence-electron chi connectivity index (χ1n) is 7.27. The van der Waals surface area contributed by atoms with E-state index in [0.717, 1.165) is 6.42 Å². The van der Waals surface area contributed by atoms with Crippen LogP contribution in [0.15, 0.2) is 29.6 Å². The predicted octanol–water partition coefficient (Wildman–Crippen LogP) is 2.43. The van der Waals surface area contributed by atoms with Gasteiger partial charge >= 0.3 is 0 Å². The molecule has 0 spiro atoms. The highest BCUT2D eigenvalue weighted by molar-refractivity contribution is 7.14. The molecule has 2 amide bonds. The highest BCUT2D eigenvalue weighted by Crippen LogP contribution is 2.25. The lowest BCUT2D eigenvalue weighted by Gasteiger charge is -2.10. The summed E-state index contributed by atoms with van der Waals surface area (Å²) in [7, 11) is 0. The zero-order valence-corrected chi connectivity index (χ0v) is 13.2. The maximum atomic E-state index is 12.1. The molecule has 0 saturated carbocycles. The van der Waals surface area contributed by atoms with Gasteiger partial charge < -0.3 is 5.32 Å². The van der Waals surface area contributed by atoms with Gasteiger partial charge in [-0.05, 0) is 24.6 Å². The lowest BCUT2D eigenvalue weighted by Crippen LogP contribution is -2.23. The van der Waals surface area contributed by atoms with Crippen LogP contribution in [0.1, 0.15) is 24.1 Å². The van der Waals surface area contributed by atoms with E-state index in [4.69, 9.17) is 6.42 Å². The zero-order chi connectivity index (χ0) is 16.2. The molecule has 1 aromatic carbocycles. The third-order valence-corrected chi connectivity index (χ3v) is 4.41. The standard InChI is InChI=1S/C17H15N3O2S/c1-2-12-5-3-6-13(9-12)18-15(21)10-14-11-23-17(19-14)20-8-4-7-16(20)22/h1,3,5-6,9,11H,4,7-8,10H2,(H,18,21). The minimum absolute atomic E-state index is 0.0986. The van der Waals surface area contributed by atoms with Gasteiger partial charge in [-0.2, -0.15) is 0 Å². The van der Waals surface area contributed by atoms with Crippen molar-refractivity contribution in [2.75, 3.05) is 16.8 Å². The van der Waals surface area contributed by atoms with Crippen LogP contribution in [0.2, 0.25) is 0 Å². The molecule has 0 aliphatic carbocycles. The molecule has 3 rings (SSSR count). The van der Waals surface area contributed by atoms with Gasteiger partial charge in [0.05, 0.1) is 12.1 Å². The molecule has 1 N–H and O–H groups in total. The second kappa shape index (κ2) is 6.63. The number of rotatable bonds is 4. The monoisotopic (exact) mass is 325 g/mol. The van der Waals surface area contributed by atoms with Crippen molar-refractivity contribution >= 4 is 34.0 Å². The summed E-state index contributed by atoms with van der Waals surface area (Å²) in [6.07, 6.45) is 6.94. The Morgan fingerprint density at radius 3 is 3.09 bits per heavy atom. The summed E-state index contributed by atoms with van der Waals surface area (Å²) in [5.41, 5.74) is 2.04. The average molecular weight is 325 g/mol. The number of nitrogens with one attached hydrogen (secondary N) is 1. The van der Waals surface area contributed by atoms with Crippen LogP contribution in [0.4, 0.5) is 10.8 Å². The Labute approximate surface area is 138 Å². The molecule has 5 nitrogen and oxygen atoms in total. The molecular weight excluding hydrogens is 310 g/mol. The third-order valence-electron chi connectivity index (χ3n) is 3.50. The van der Waals surface area contributed by atoms with Crippen molar-refractivity contribution in [1.29, 1.82) is 0 Å². The van der Waals surface area contributed by atoms with Crippen LogP contribution in [0, 0.1) is 12.3 Å². The minimum Gasteiger partial charge on any atom is -0.326 e. The van der Waals surface area contributed by atoms with E-state index in [2.05, 4.69) is 16.2 Å². The largest absolute Gasteiger partial charge is 0.326 e. The lowest BCUT2D eigenvalue weighted by atomic mass is 10.2. The quantitative estimate of drug-likeness (QED) is 0.878. The van der Waals surface area contributed by atoms with Crippen LogP contribution in [0.25, 0.3) is 0 Å². The van der Waals surface area contributed by atoms with E-state index in [1.165, 1.54) is 11.3 Å². The van der Waals surface area contributed by atoms with E-state index in [1.807, 2.05) is 5.38 Å². The molecule has 0 radical (unpaired) electrons. The summed E-state index contributed by atoms with van der Waals surface area (Å²) in [5, 5.41) is 5.29. The number of thiazole rings is 1. The topological polar surface area (TPSA) is 62.3 Å². The van der Waals surface area contributed by atoms with Gasteiger partial charge in [0.15, 0.2) is 5.13 Å². The number of carbonyl (C=O) groups is 2. The number of nitrogens with zero attached hydrogens (tertiary/aromatic N) is 2. The van der Waals surface area contributed by atoms with Crippen molar-refractivity contribution in [3.05, 3.63) is 40.9 Å². The van der Waals surface area contributed by atoms with E-state index in [9.17, 15) is 9.59 Å². The summed E-state index contributed by atoms with van der Waals surface area (Å²) < 4.78 is 0. The number of hydrogen-bond acceptors (Lipinski definition) is 4. The van der Waals surface area contributed by atoms with Gasteiger partial charge in [-0.3, -0.25) is 14.5 Å². The highest BCUT2D eigenvalue weighted by Gasteiger charge is 2.24. The molecule has 1 saturated heterocycles. The van der Waals surface area contributed by atoms with Crippen molar-refractivity contribution in [1.82, 2.24) is 4.98 Å². The number of hydrogen-bond donors (Lipinski definition) is 1. The summed E-state index contributed by atoms with van der Waals surface area (Å²) in [6.45, 7) is 0.705. The Hall–Kier alpha value is -2.65. The molecule has 23 heavy (non-hydrogen) atoms. The summed E-state index contributed by atoms with van der Waals surface area (Å²) in [5.74, 6) is 2.46. The van der Waals surface area contributed by atoms with Crippen LogP contribution in [-0.4, -0.2) is 23.3 Å². The number of amides is 2. The fourth-order valence-corrected chi connectivity index (χ4v) is 3.28. The van der Waals surface area contributed by atoms with E-state index >= 15 is 0 Å². The lowest BCUT2D eigenvalue weighted by molar-refractivity contribution is -0.117. The van der Waals surface area contributed by atoms with Gasteiger partial charge in [0.2, 0.25) is 11.8 Å². The van der Waals surface area contributed by atoms with Crippen molar-refractivity contribution in [3.63, 3.8) is 0 Å². The molecule has 1 aliphatic heterocycles. The van der Waals surface area contributed by atoms with Gasteiger partial charge in [-0.25, -0.2) is 4.98 Å². The molecule has 0 bridgehead atoms. The van der Waals surface area contributed by atoms with Crippen LogP contribution >= 0.6 is 11.3 Å². The average Bonchev–Trinajstić information content (AvgIpc) is 3.16. The number of aromatic nitrogens is 1. The maximum absolute atomic E-state index is 12.1. The zero-order valence-electron chi connectivity index (χ0n) is 12.4. The first-order valence-corrected chi connectivity index (χ1v) is 8.15. The molecule has 6 heteroatoms. The van der Waals surface area contributed by atoms with Crippen molar-refractivity contribution < 1.29 is 9.59 Å². The first-order chi connectivity index (χ1) is 11.2. The fraction of sp³-hybridized carbons (Fsp3) is 0.235. The van der Waals surface area contributed by atoms with Crippen LogP contribution < -0.4 is 10.2 Å². The Balaban J connectivity index is 1.63.